The third-order valence-electron chi connectivity index (χ3n) is 4.84. The lowest BCUT2D eigenvalue weighted by Crippen LogP contribution is -2.42. The average Bonchev–Trinajstić information content (AvgIpc) is 3.06. The number of hydrogen-bond acceptors (Lipinski definition) is 3. The van der Waals surface area contributed by atoms with Crippen molar-refractivity contribution in [1.29, 1.82) is 0 Å². The van der Waals surface area contributed by atoms with Crippen molar-refractivity contribution in [2.75, 3.05) is 13.1 Å². The van der Waals surface area contributed by atoms with Crippen LogP contribution >= 0.6 is 0 Å². The number of nitrogens with zero attached hydrogens (tertiary/aromatic N) is 2. The van der Waals surface area contributed by atoms with Crippen LogP contribution in [0.3, 0.4) is 0 Å². The fraction of sp³-hybridized carbons (Fsp3) is 0.474. The van der Waals surface area contributed by atoms with Gasteiger partial charge in [0.05, 0.1) is 0 Å². The van der Waals surface area contributed by atoms with Crippen LogP contribution in [0.15, 0.2) is 30.3 Å². The lowest BCUT2D eigenvalue weighted by Gasteiger charge is -2.30. The normalized spacial score (nSPS) is 14.9. The summed E-state index contributed by atoms with van der Waals surface area (Å²) in [5.41, 5.74) is 4.00. The van der Waals surface area contributed by atoms with E-state index in [0.29, 0.717) is 12.2 Å². The Bertz CT molecular complexity index is 680. The zero-order chi connectivity index (χ0) is 16.9. The van der Waals surface area contributed by atoms with Gasteiger partial charge >= 0.3 is 0 Å². The van der Waals surface area contributed by atoms with Crippen LogP contribution in [0.2, 0.25) is 0 Å². The molecule has 3 rings (SSSR count). The maximum atomic E-state index is 13.1. The van der Waals surface area contributed by atoms with Gasteiger partial charge in [-0.25, -0.2) is 0 Å². The molecule has 2 N–H and O–H groups in total. The fourth-order valence-corrected chi connectivity index (χ4v) is 3.47. The first kappa shape index (κ1) is 16.7. The highest BCUT2D eigenvalue weighted by atomic mass is 16.2. The zero-order valence-electron chi connectivity index (χ0n) is 14.5. The number of nitrogens with one attached hydrogen (secondary N) is 2. The summed E-state index contributed by atoms with van der Waals surface area (Å²) in [7, 11) is 0. The van der Waals surface area contributed by atoms with Crippen LogP contribution < -0.4 is 5.32 Å². The third kappa shape index (κ3) is 3.36. The molecule has 24 heavy (non-hydrogen) atoms. The Morgan fingerprint density at radius 2 is 2.08 bits per heavy atom. The van der Waals surface area contributed by atoms with Gasteiger partial charge < -0.3 is 10.2 Å². The number of carbonyl (C=O) groups excluding carboxylic acids is 1. The van der Waals surface area contributed by atoms with E-state index in [1.165, 1.54) is 5.56 Å². The molecule has 1 unspecified atom stereocenters. The quantitative estimate of drug-likeness (QED) is 0.857. The standard InChI is InChI=1S/C19H26N4O/c1-3-15(12-14-8-6-5-7-9-14)23(4-2)19(24)18-16-13-20-11-10-17(16)21-22-18/h5-9,15,20H,3-4,10-13H2,1-2H3,(H,21,22). The van der Waals surface area contributed by atoms with Crippen molar-refractivity contribution in [3.63, 3.8) is 0 Å². The molecule has 5 heteroatoms. The van der Waals surface area contributed by atoms with Crippen LogP contribution in [0, 0.1) is 0 Å². The van der Waals surface area contributed by atoms with Gasteiger partial charge in [-0.15, -0.1) is 0 Å². The number of benzene rings is 1. The molecule has 5 nitrogen and oxygen atoms in total. The maximum absolute atomic E-state index is 13.1. The number of amides is 1. The first-order chi connectivity index (χ1) is 11.7. The van der Waals surface area contributed by atoms with E-state index in [1.807, 2.05) is 17.9 Å². The Hall–Kier alpha value is -2.14. The molecule has 128 valence electrons. The summed E-state index contributed by atoms with van der Waals surface area (Å²) in [6.45, 7) is 6.54. The predicted octanol–water partition coefficient (Wildman–Crippen LogP) is 2.54. The van der Waals surface area contributed by atoms with Gasteiger partial charge in [0.2, 0.25) is 0 Å². The summed E-state index contributed by atoms with van der Waals surface area (Å²) in [5, 5.41) is 10.7. The predicted molar refractivity (Wildman–Crippen MR) is 94.9 cm³/mol. The SMILES string of the molecule is CCC(Cc1ccccc1)N(CC)C(=O)c1n[nH]c2c1CNCC2. The first-order valence-corrected chi connectivity index (χ1v) is 8.86. The fourth-order valence-electron chi connectivity index (χ4n) is 3.47. The van der Waals surface area contributed by atoms with Crippen molar-refractivity contribution in [3.05, 3.63) is 52.8 Å². The molecule has 0 saturated heterocycles. The molecule has 0 radical (unpaired) electrons. The second-order valence-corrected chi connectivity index (χ2v) is 6.30. The van der Waals surface area contributed by atoms with Crippen LogP contribution in [0.5, 0.6) is 0 Å². The number of fused-ring (bicyclic) bond motifs is 1. The van der Waals surface area contributed by atoms with E-state index in [0.717, 1.165) is 43.6 Å². The molecule has 1 aliphatic rings. The smallest absolute Gasteiger partial charge is 0.274 e. The van der Waals surface area contributed by atoms with Gasteiger partial charge in [-0.1, -0.05) is 37.3 Å². The molecular weight excluding hydrogens is 300 g/mol. The molecular formula is C19H26N4O. The van der Waals surface area contributed by atoms with Gasteiger partial charge in [0, 0.05) is 43.4 Å². The molecule has 0 bridgehead atoms. The van der Waals surface area contributed by atoms with Gasteiger partial charge in [-0.3, -0.25) is 9.89 Å². The van der Waals surface area contributed by atoms with E-state index >= 15 is 0 Å². The van der Waals surface area contributed by atoms with E-state index in [-0.39, 0.29) is 11.9 Å². The van der Waals surface area contributed by atoms with Gasteiger partial charge in [-0.05, 0) is 25.3 Å². The molecule has 2 heterocycles. The van der Waals surface area contributed by atoms with Crippen molar-refractivity contribution in [1.82, 2.24) is 20.4 Å². The van der Waals surface area contributed by atoms with Crippen molar-refractivity contribution < 1.29 is 4.79 Å². The van der Waals surface area contributed by atoms with Gasteiger partial charge in [-0.2, -0.15) is 5.10 Å². The second-order valence-electron chi connectivity index (χ2n) is 6.30. The Morgan fingerprint density at radius 1 is 1.29 bits per heavy atom. The minimum atomic E-state index is 0.0430. The summed E-state index contributed by atoms with van der Waals surface area (Å²) in [6, 6.07) is 10.6. The van der Waals surface area contributed by atoms with Crippen LogP contribution in [0.25, 0.3) is 0 Å². The maximum Gasteiger partial charge on any atom is 0.274 e. The minimum absolute atomic E-state index is 0.0430. The molecule has 1 aliphatic heterocycles. The number of carbonyl (C=O) groups is 1. The zero-order valence-corrected chi connectivity index (χ0v) is 14.5. The molecule has 0 aliphatic carbocycles. The number of aromatic amines is 1. The lowest BCUT2D eigenvalue weighted by atomic mass is 10.0. The third-order valence-corrected chi connectivity index (χ3v) is 4.84. The highest BCUT2D eigenvalue weighted by Crippen LogP contribution is 2.20. The molecule has 0 fully saturated rings. The van der Waals surface area contributed by atoms with E-state index in [1.54, 1.807) is 0 Å². The van der Waals surface area contributed by atoms with Gasteiger partial charge in [0.1, 0.15) is 0 Å². The highest BCUT2D eigenvalue weighted by Gasteiger charge is 2.28. The summed E-state index contributed by atoms with van der Waals surface area (Å²) < 4.78 is 0. The molecule has 0 saturated carbocycles. The van der Waals surface area contributed by atoms with Crippen LogP contribution in [-0.4, -0.2) is 40.1 Å². The summed E-state index contributed by atoms with van der Waals surface area (Å²) in [5.74, 6) is 0.0430. The Morgan fingerprint density at radius 3 is 2.79 bits per heavy atom. The Balaban J connectivity index is 1.81. The van der Waals surface area contributed by atoms with Crippen LogP contribution in [0.4, 0.5) is 0 Å². The topological polar surface area (TPSA) is 61.0 Å². The minimum Gasteiger partial charge on any atom is -0.334 e. The molecule has 1 aromatic heterocycles. The summed E-state index contributed by atoms with van der Waals surface area (Å²) in [6.07, 6.45) is 2.71. The van der Waals surface area contributed by atoms with Crippen LogP contribution in [-0.2, 0) is 19.4 Å². The summed E-state index contributed by atoms with van der Waals surface area (Å²) in [4.78, 5) is 15.1. The average molecular weight is 326 g/mol. The number of H-pyrrole nitrogens is 1. The highest BCUT2D eigenvalue weighted by molar-refractivity contribution is 5.94. The number of hydrogen-bond donors (Lipinski definition) is 2. The molecule has 1 aromatic carbocycles. The lowest BCUT2D eigenvalue weighted by molar-refractivity contribution is 0.0676. The van der Waals surface area contributed by atoms with E-state index in [9.17, 15) is 4.79 Å². The van der Waals surface area contributed by atoms with E-state index < -0.39 is 0 Å². The second kappa shape index (κ2) is 7.62. The van der Waals surface area contributed by atoms with Crippen molar-refractivity contribution in [2.45, 2.75) is 45.7 Å². The monoisotopic (exact) mass is 326 g/mol. The Kier molecular flexibility index (Phi) is 5.30. The molecule has 2 aromatic rings. The van der Waals surface area contributed by atoms with E-state index in [4.69, 9.17) is 0 Å². The Labute approximate surface area is 143 Å². The van der Waals surface area contributed by atoms with Crippen molar-refractivity contribution in [3.8, 4) is 0 Å². The molecule has 1 atom stereocenters. The van der Waals surface area contributed by atoms with E-state index in [2.05, 4.69) is 46.7 Å². The summed E-state index contributed by atoms with van der Waals surface area (Å²) >= 11 is 0. The van der Waals surface area contributed by atoms with Gasteiger partial charge in [0.25, 0.3) is 5.91 Å². The van der Waals surface area contributed by atoms with Crippen LogP contribution in [0.1, 0.15) is 47.6 Å². The van der Waals surface area contributed by atoms with Crippen molar-refractivity contribution in [2.24, 2.45) is 0 Å². The largest absolute Gasteiger partial charge is 0.334 e. The first-order valence-electron chi connectivity index (χ1n) is 8.86. The number of rotatable bonds is 6. The molecule has 0 spiro atoms. The number of likely N-dealkylation sites (N-methyl/N-ethyl adjacent to an activating group) is 1. The molecule has 1 amide bonds. The van der Waals surface area contributed by atoms with Crippen molar-refractivity contribution >= 4 is 5.91 Å². The number of aromatic nitrogens is 2. The van der Waals surface area contributed by atoms with Gasteiger partial charge in [0.15, 0.2) is 5.69 Å².